The van der Waals surface area contributed by atoms with Crippen molar-refractivity contribution in [3.8, 4) is 0 Å². The zero-order valence-electron chi connectivity index (χ0n) is 20.2. The van der Waals surface area contributed by atoms with Gasteiger partial charge in [0.15, 0.2) is 5.65 Å². The molecule has 35 heavy (non-hydrogen) atoms. The van der Waals surface area contributed by atoms with Gasteiger partial charge in [0.25, 0.3) is 0 Å². The van der Waals surface area contributed by atoms with E-state index >= 15 is 0 Å². The molecule has 0 spiro atoms. The van der Waals surface area contributed by atoms with Crippen molar-refractivity contribution in [1.29, 1.82) is 0 Å². The summed E-state index contributed by atoms with van der Waals surface area (Å²) >= 11 is 0. The summed E-state index contributed by atoms with van der Waals surface area (Å²) in [5.41, 5.74) is 4.19. The molecule has 1 unspecified atom stereocenters. The fourth-order valence-electron chi connectivity index (χ4n) is 5.40. The Bertz CT molecular complexity index is 1150. The molecule has 0 bridgehead atoms. The van der Waals surface area contributed by atoms with Gasteiger partial charge in [-0.25, -0.2) is 9.97 Å². The first kappa shape index (κ1) is 23.7. The van der Waals surface area contributed by atoms with Gasteiger partial charge in [0.05, 0.1) is 19.6 Å². The average Bonchev–Trinajstić information content (AvgIpc) is 3.34. The second kappa shape index (κ2) is 11.1. The quantitative estimate of drug-likeness (QED) is 0.503. The molecule has 2 aromatic heterocycles. The molecule has 2 atom stereocenters. The minimum absolute atomic E-state index is 0.0135. The summed E-state index contributed by atoms with van der Waals surface area (Å²) in [7, 11) is 0. The van der Waals surface area contributed by atoms with Crippen LogP contribution < -0.4 is 4.90 Å². The largest absolute Gasteiger partial charge is 0.481 e. The third-order valence-electron chi connectivity index (χ3n) is 7.32. The Morgan fingerprint density at radius 1 is 1.11 bits per heavy atom. The number of hydrogen-bond donors (Lipinski definition) is 1. The molecule has 5 rings (SSSR count). The normalized spacial score (nSPS) is 19.8. The molecule has 3 aromatic rings. The fraction of sp³-hybridized carbons (Fsp3) is 0.464. The number of fused-ring (bicyclic) bond motifs is 1. The van der Waals surface area contributed by atoms with Gasteiger partial charge in [0.2, 0.25) is 0 Å². The van der Waals surface area contributed by atoms with Crippen molar-refractivity contribution >= 4 is 22.7 Å². The highest BCUT2D eigenvalue weighted by molar-refractivity contribution is 5.74. The Morgan fingerprint density at radius 3 is 2.86 bits per heavy atom. The number of likely N-dealkylation sites (tertiary alicyclic amines) is 1. The average molecular weight is 475 g/mol. The van der Waals surface area contributed by atoms with Crippen molar-refractivity contribution in [2.24, 2.45) is 5.92 Å². The summed E-state index contributed by atoms with van der Waals surface area (Å²) in [6, 6.07) is 16.7. The maximum absolute atomic E-state index is 11.7. The Labute approximate surface area is 206 Å². The van der Waals surface area contributed by atoms with Crippen LogP contribution in [-0.4, -0.2) is 71.9 Å². The van der Waals surface area contributed by atoms with E-state index in [1.807, 2.05) is 12.1 Å². The third-order valence-corrected chi connectivity index (χ3v) is 7.32. The lowest BCUT2D eigenvalue weighted by molar-refractivity contribution is -0.137. The summed E-state index contributed by atoms with van der Waals surface area (Å²) < 4.78 is 5.48. The predicted octanol–water partition coefficient (Wildman–Crippen LogP) is 3.98. The number of carboxylic acid groups (broad SMARTS) is 1. The Kier molecular flexibility index (Phi) is 7.54. The zero-order chi connectivity index (χ0) is 24.0. The van der Waals surface area contributed by atoms with Gasteiger partial charge in [-0.05, 0) is 73.7 Å². The molecule has 7 heteroatoms. The molecule has 0 aliphatic carbocycles. The Morgan fingerprint density at radius 2 is 2.00 bits per heavy atom. The summed E-state index contributed by atoms with van der Waals surface area (Å²) in [5.74, 6) is -0.139. The van der Waals surface area contributed by atoms with Crippen LogP contribution in [0.5, 0.6) is 0 Å². The Hall–Kier alpha value is -3.03. The highest BCUT2D eigenvalue weighted by Crippen LogP contribution is 2.29. The van der Waals surface area contributed by atoms with Crippen molar-refractivity contribution in [3.05, 3.63) is 66.0 Å². The molecule has 0 amide bonds. The lowest BCUT2D eigenvalue weighted by Gasteiger charge is -2.30. The van der Waals surface area contributed by atoms with Crippen molar-refractivity contribution in [1.82, 2.24) is 14.9 Å². The first-order valence-corrected chi connectivity index (χ1v) is 12.7. The van der Waals surface area contributed by atoms with Gasteiger partial charge < -0.3 is 19.6 Å². The van der Waals surface area contributed by atoms with E-state index in [0.29, 0.717) is 5.92 Å². The molecule has 2 saturated heterocycles. The highest BCUT2D eigenvalue weighted by Gasteiger charge is 2.27. The number of ether oxygens (including phenoxy) is 1. The number of aromatic nitrogens is 2. The number of aliphatic carboxylic acids is 1. The van der Waals surface area contributed by atoms with Gasteiger partial charge in [-0.2, -0.15) is 0 Å². The van der Waals surface area contributed by atoms with Crippen LogP contribution in [0.2, 0.25) is 0 Å². The fourth-order valence-corrected chi connectivity index (χ4v) is 5.40. The topological polar surface area (TPSA) is 78.8 Å². The van der Waals surface area contributed by atoms with Crippen LogP contribution in [-0.2, 0) is 16.0 Å². The monoisotopic (exact) mass is 474 g/mol. The second-order valence-corrected chi connectivity index (χ2v) is 9.79. The predicted molar refractivity (Wildman–Crippen MR) is 137 cm³/mol. The van der Waals surface area contributed by atoms with Crippen LogP contribution in [0.15, 0.2) is 54.7 Å². The van der Waals surface area contributed by atoms with Crippen molar-refractivity contribution in [3.63, 3.8) is 0 Å². The lowest BCUT2D eigenvalue weighted by atomic mass is 9.94. The van der Waals surface area contributed by atoms with Crippen LogP contribution >= 0.6 is 0 Å². The molecule has 0 saturated carbocycles. The van der Waals surface area contributed by atoms with Crippen molar-refractivity contribution in [2.45, 2.75) is 31.6 Å². The molecular weight excluding hydrogens is 440 g/mol. The molecule has 2 aliphatic heterocycles. The van der Waals surface area contributed by atoms with E-state index in [4.69, 9.17) is 9.72 Å². The first-order chi connectivity index (χ1) is 17.1. The summed E-state index contributed by atoms with van der Waals surface area (Å²) in [6.45, 7) is 6.06. The van der Waals surface area contributed by atoms with Crippen LogP contribution in [0.25, 0.3) is 11.0 Å². The first-order valence-electron chi connectivity index (χ1n) is 12.7. The Balaban J connectivity index is 1.19. The summed E-state index contributed by atoms with van der Waals surface area (Å²) in [6.07, 6.45) is 5.14. The van der Waals surface area contributed by atoms with Gasteiger partial charge in [-0.15, -0.1) is 0 Å². The number of benzene rings is 1. The standard InChI is InChI=1S/C28H34N4O3/c33-27(34)18-24(23-3-1-5-26(17-23)32-13-15-35-16-14-32)20-31-12-10-21(19-31)6-8-25-9-7-22-4-2-11-29-28(22)30-25/h1-5,7,9,11,17,21,24H,6,8,10,12-16,18-20H2,(H,33,34)/t21-,24?/m1/s1. The maximum atomic E-state index is 11.7. The number of pyridine rings is 2. The van der Waals surface area contributed by atoms with E-state index in [1.54, 1.807) is 6.20 Å². The van der Waals surface area contributed by atoms with Crippen LogP contribution in [0.4, 0.5) is 5.69 Å². The van der Waals surface area contributed by atoms with E-state index in [9.17, 15) is 9.90 Å². The molecule has 7 nitrogen and oxygen atoms in total. The number of carbonyl (C=O) groups is 1. The number of aryl methyl sites for hydroxylation is 1. The maximum Gasteiger partial charge on any atom is 0.304 e. The molecule has 4 heterocycles. The van der Waals surface area contributed by atoms with E-state index in [1.165, 1.54) is 0 Å². The summed E-state index contributed by atoms with van der Waals surface area (Å²) in [5, 5.41) is 10.7. The molecule has 2 aliphatic rings. The van der Waals surface area contributed by atoms with Gasteiger partial charge in [0.1, 0.15) is 0 Å². The van der Waals surface area contributed by atoms with Gasteiger partial charge in [0, 0.05) is 55.1 Å². The van der Waals surface area contributed by atoms with E-state index < -0.39 is 5.97 Å². The zero-order valence-corrected chi connectivity index (χ0v) is 20.2. The number of hydrogen-bond acceptors (Lipinski definition) is 6. The minimum atomic E-state index is -0.737. The van der Waals surface area contributed by atoms with Gasteiger partial charge in [-0.1, -0.05) is 12.1 Å². The number of carboxylic acids is 1. The molecule has 184 valence electrons. The number of rotatable bonds is 9. The third kappa shape index (κ3) is 6.16. The molecule has 1 aromatic carbocycles. The van der Waals surface area contributed by atoms with Gasteiger partial charge >= 0.3 is 5.97 Å². The number of anilines is 1. The highest BCUT2D eigenvalue weighted by atomic mass is 16.5. The van der Waals surface area contributed by atoms with Crippen LogP contribution in [0.1, 0.15) is 36.4 Å². The molecular formula is C28H34N4O3. The van der Waals surface area contributed by atoms with Crippen LogP contribution in [0, 0.1) is 5.92 Å². The molecule has 2 fully saturated rings. The lowest BCUT2D eigenvalue weighted by Crippen LogP contribution is -2.36. The summed E-state index contributed by atoms with van der Waals surface area (Å²) in [4.78, 5) is 25.6. The molecule has 1 N–H and O–H groups in total. The smallest absolute Gasteiger partial charge is 0.304 e. The van der Waals surface area contributed by atoms with E-state index in [2.05, 4.69) is 51.2 Å². The van der Waals surface area contributed by atoms with Gasteiger partial charge in [-0.3, -0.25) is 4.79 Å². The van der Waals surface area contributed by atoms with Crippen molar-refractivity contribution < 1.29 is 14.6 Å². The van der Waals surface area contributed by atoms with Crippen LogP contribution in [0.3, 0.4) is 0 Å². The minimum Gasteiger partial charge on any atom is -0.481 e. The second-order valence-electron chi connectivity index (χ2n) is 9.79. The van der Waals surface area contributed by atoms with E-state index in [-0.39, 0.29) is 12.3 Å². The molecule has 0 radical (unpaired) electrons. The van der Waals surface area contributed by atoms with Crippen molar-refractivity contribution in [2.75, 3.05) is 50.8 Å². The van der Waals surface area contributed by atoms with E-state index in [0.717, 1.165) is 93.2 Å². The number of morpholine rings is 1. The SMILES string of the molecule is O=C(O)CC(CN1CC[C@@H](CCc2ccc3cccnc3n2)C1)c1cccc(N2CCOCC2)c1. The number of nitrogens with zero attached hydrogens (tertiary/aromatic N) is 4.